The topological polar surface area (TPSA) is 44.4 Å². The molecule has 0 aromatic carbocycles. The summed E-state index contributed by atoms with van der Waals surface area (Å²) in [7, 11) is 2.28. The minimum absolute atomic E-state index is 0.195. The van der Waals surface area contributed by atoms with Crippen LogP contribution in [0.15, 0.2) is 0 Å². The first kappa shape index (κ1) is 14.3. The molecule has 2 atom stereocenters. The van der Waals surface area contributed by atoms with Crippen LogP contribution in [0.5, 0.6) is 0 Å². The lowest BCUT2D eigenvalue weighted by atomic mass is 9.82. The van der Waals surface area contributed by atoms with Crippen LogP contribution in [-0.2, 0) is 4.79 Å². The van der Waals surface area contributed by atoms with Crippen LogP contribution >= 0.6 is 0 Å². The molecule has 2 saturated heterocycles. The van der Waals surface area contributed by atoms with E-state index in [-0.39, 0.29) is 5.91 Å². The fourth-order valence-corrected chi connectivity index (χ4v) is 4.37. The Bertz CT molecular complexity index is 327. The van der Waals surface area contributed by atoms with Crippen molar-refractivity contribution >= 4 is 5.91 Å². The lowest BCUT2D eigenvalue weighted by Crippen LogP contribution is -2.55. The molecular formula is C16H29N3O. The molecule has 1 aliphatic carbocycles. The van der Waals surface area contributed by atoms with Gasteiger partial charge in [0.05, 0.1) is 6.54 Å². The smallest absolute Gasteiger partial charge is 0.234 e. The zero-order chi connectivity index (χ0) is 13.9. The van der Waals surface area contributed by atoms with Gasteiger partial charge in [0.2, 0.25) is 5.91 Å². The molecule has 4 nitrogen and oxygen atoms in total. The van der Waals surface area contributed by atoms with Crippen LogP contribution in [0.2, 0.25) is 0 Å². The molecule has 3 aliphatic rings. The number of hydrogen-bond donors (Lipinski definition) is 2. The second-order valence-electron chi connectivity index (χ2n) is 7.00. The summed E-state index contributed by atoms with van der Waals surface area (Å²) in [6.07, 6.45) is 11.4. The van der Waals surface area contributed by atoms with Crippen molar-refractivity contribution in [3.05, 3.63) is 0 Å². The molecule has 2 N–H and O–H groups in total. The zero-order valence-electron chi connectivity index (χ0n) is 12.7. The van der Waals surface area contributed by atoms with Gasteiger partial charge in [-0.1, -0.05) is 19.3 Å². The number of piperidine rings is 2. The van der Waals surface area contributed by atoms with E-state index in [9.17, 15) is 4.79 Å². The summed E-state index contributed by atoms with van der Waals surface area (Å²) in [6.45, 7) is 0.504. The molecule has 2 heterocycles. The second-order valence-corrected chi connectivity index (χ2v) is 7.00. The lowest BCUT2D eigenvalue weighted by molar-refractivity contribution is -0.121. The number of amides is 1. The van der Waals surface area contributed by atoms with Crippen LogP contribution in [0.4, 0.5) is 0 Å². The van der Waals surface area contributed by atoms with Gasteiger partial charge in [-0.2, -0.15) is 0 Å². The van der Waals surface area contributed by atoms with E-state index < -0.39 is 0 Å². The maximum Gasteiger partial charge on any atom is 0.234 e. The largest absolute Gasteiger partial charge is 0.352 e. The number of rotatable bonds is 4. The van der Waals surface area contributed by atoms with Gasteiger partial charge in [-0.3, -0.25) is 4.79 Å². The first-order valence-electron chi connectivity index (χ1n) is 8.47. The van der Waals surface area contributed by atoms with Crippen molar-refractivity contribution in [2.75, 3.05) is 13.6 Å². The van der Waals surface area contributed by atoms with Crippen LogP contribution in [0.1, 0.15) is 57.8 Å². The van der Waals surface area contributed by atoms with E-state index in [0.29, 0.717) is 18.6 Å². The van der Waals surface area contributed by atoms with Crippen molar-refractivity contribution in [2.24, 2.45) is 0 Å². The van der Waals surface area contributed by atoms with Crippen molar-refractivity contribution in [3.63, 3.8) is 0 Å². The summed E-state index contributed by atoms with van der Waals surface area (Å²) in [5.41, 5.74) is 0. The SMILES string of the molecule is CN1C2CCCC1CC(NCC(=O)NC1CCCC1)C2. The third-order valence-electron chi connectivity index (χ3n) is 5.61. The lowest BCUT2D eigenvalue weighted by Gasteiger charge is -2.47. The van der Waals surface area contributed by atoms with E-state index in [1.807, 2.05) is 0 Å². The number of carbonyl (C=O) groups excluding carboxylic acids is 1. The molecule has 0 spiro atoms. The molecule has 0 radical (unpaired) electrons. The maximum absolute atomic E-state index is 12.0. The Kier molecular flexibility index (Phi) is 4.61. The van der Waals surface area contributed by atoms with Gasteiger partial charge in [-0.25, -0.2) is 0 Å². The molecule has 0 aromatic heterocycles. The van der Waals surface area contributed by atoms with Crippen LogP contribution in [-0.4, -0.2) is 48.6 Å². The third kappa shape index (κ3) is 3.34. The molecule has 4 heteroatoms. The molecule has 20 heavy (non-hydrogen) atoms. The van der Waals surface area contributed by atoms with Crippen molar-refractivity contribution in [1.82, 2.24) is 15.5 Å². The Hall–Kier alpha value is -0.610. The number of nitrogens with one attached hydrogen (secondary N) is 2. The summed E-state index contributed by atoms with van der Waals surface area (Å²) in [6, 6.07) is 2.45. The molecule has 2 unspecified atom stereocenters. The highest BCUT2D eigenvalue weighted by molar-refractivity contribution is 5.78. The van der Waals surface area contributed by atoms with Gasteiger partial charge < -0.3 is 15.5 Å². The van der Waals surface area contributed by atoms with Gasteiger partial charge in [-0.05, 0) is 45.6 Å². The van der Waals surface area contributed by atoms with Gasteiger partial charge >= 0.3 is 0 Å². The van der Waals surface area contributed by atoms with Crippen LogP contribution < -0.4 is 10.6 Å². The number of hydrogen-bond acceptors (Lipinski definition) is 3. The van der Waals surface area contributed by atoms with Gasteiger partial charge in [0, 0.05) is 24.2 Å². The van der Waals surface area contributed by atoms with Crippen LogP contribution in [0.25, 0.3) is 0 Å². The summed E-state index contributed by atoms with van der Waals surface area (Å²) in [5.74, 6) is 0.195. The number of fused-ring (bicyclic) bond motifs is 2. The predicted octanol–water partition coefficient (Wildman–Crippen LogP) is 1.65. The van der Waals surface area contributed by atoms with Crippen molar-refractivity contribution < 1.29 is 4.79 Å². The first-order chi connectivity index (χ1) is 9.72. The molecule has 1 amide bonds. The molecule has 2 aliphatic heterocycles. The highest BCUT2D eigenvalue weighted by Crippen LogP contribution is 2.32. The van der Waals surface area contributed by atoms with Crippen molar-refractivity contribution in [3.8, 4) is 0 Å². The van der Waals surface area contributed by atoms with Gasteiger partial charge in [0.15, 0.2) is 0 Å². The van der Waals surface area contributed by atoms with E-state index in [0.717, 1.165) is 12.1 Å². The fraction of sp³-hybridized carbons (Fsp3) is 0.938. The van der Waals surface area contributed by atoms with E-state index >= 15 is 0 Å². The highest BCUT2D eigenvalue weighted by atomic mass is 16.2. The molecule has 0 aromatic rings. The third-order valence-corrected chi connectivity index (χ3v) is 5.61. The van der Waals surface area contributed by atoms with Crippen LogP contribution in [0.3, 0.4) is 0 Å². The average Bonchev–Trinajstić information content (AvgIpc) is 2.89. The van der Waals surface area contributed by atoms with E-state index in [4.69, 9.17) is 0 Å². The summed E-state index contributed by atoms with van der Waals surface area (Å²) < 4.78 is 0. The minimum atomic E-state index is 0.195. The average molecular weight is 279 g/mol. The predicted molar refractivity (Wildman–Crippen MR) is 80.6 cm³/mol. The van der Waals surface area contributed by atoms with Gasteiger partial charge in [0.1, 0.15) is 0 Å². The van der Waals surface area contributed by atoms with Gasteiger partial charge in [0.25, 0.3) is 0 Å². The Morgan fingerprint density at radius 2 is 1.65 bits per heavy atom. The van der Waals surface area contributed by atoms with E-state index in [2.05, 4.69) is 22.6 Å². The number of carbonyl (C=O) groups is 1. The maximum atomic E-state index is 12.0. The normalized spacial score (nSPS) is 35.1. The molecule has 1 saturated carbocycles. The molecular weight excluding hydrogens is 250 g/mol. The molecule has 2 bridgehead atoms. The standard InChI is InChI=1S/C16H29N3O/c1-19-14-7-4-8-15(19)10-13(9-14)17-11-16(20)18-12-5-2-3-6-12/h12-15,17H,2-11H2,1H3,(H,18,20). The number of nitrogens with zero attached hydrogens (tertiary/aromatic N) is 1. The Morgan fingerprint density at radius 1 is 1.00 bits per heavy atom. The van der Waals surface area contributed by atoms with Crippen LogP contribution in [0, 0.1) is 0 Å². The Balaban J connectivity index is 1.41. The fourth-order valence-electron chi connectivity index (χ4n) is 4.37. The molecule has 3 rings (SSSR count). The van der Waals surface area contributed by atoms with Crippen molar-refractivity contribution in [2.45, 2.75) is 82.0 Å². The Labute approximate surface area is 122 Å². The monoisotopic (exact) mass is 279 g/mol. The zero-order valence-corrected chi connectivity index (χ0v) is 12.7. The van der Waals surface area contributed by atoms with E-state index in [1.165, 1.54) is 57.8 Å². The molecule has 3 fully saturated rings. The summed E-state index contributed by atoms with van der Waals surface area (Å²) >= 11 is 0. The first-order valence-corrected chi connectivity index (χ1v) is 8.47. The van der Waals surface area contributed by atoms with Crippen molar-refractivity contribution in [1.29, 1.82) is 0 Å². The summed E-state index contributed by atoms with van der Waals surface area (Å²) in [4.78, 5) is 14.5. The quantitative estimate of drug-likeness (QED) is 0.822. The van der Waals surface area contributed by atoms with E-state index in [1.54, 1.807) is 0 Å². The molecule has 114 valence electrons. The summed E-state index contributed by atoms with van der Waals surface area (Å²) in [5, 5.41) is 6.67. The minimum Gasteiger partial charge on any atom is -0.352 e. The highest BCUT2D eigenvalue weighted by Gasteiger charge is 2.35. The Morgan fingerprint density at radius 3 is 2.30 bits per heavy atom. The van der Waals surface area contributed by atoms with Gasteiger partial charge in [-0.15, -0.1) is 0 Å². The second kappa shape index (κ2) is 6.44.